The number of nitrogens with one attached hydrogen (secondary N) is 2. The number of hydrogen-bond acceptors (Lipinski definition) is 3. The summed E-state index contributed by atoms with van der Waals surface area (Å²) in [6, 6.07) is 7.68. The van der Waals surface area contributed by atoms with Crippen LogP contribution in [-0.4, -0.2) is 29.6 Å². The number of carbonyl (C=O) groups is 2. The zero-order valence-corrected chi connectivity index (χ0v) is 10.7. The summed E-state index contributed by atoms with van der Waals surface area (Å²) >= 11 is 0. The van der Waals surface area contributed by atoms with Crippen LogP contribution in [0, 0.1) is 0 Å². The van der Waals surface area contributed by atoms with Crippen molar-refractivity contribution in [1.82, 2.24) is 5.32 Å². The van der Waals surface area contributed by atoms with Crippen LogP contribution in [0.4, 0.5) is 5.69 Å². The molecule has 19 heavy (non-hydrogen) atoms. The number of carboxylic acids is 1. The third kappa shape index (κ3) is 3.71. The van der Waals surface area contributed by atoms with E-state index in [0.717, 1.165) is 11.3 Å². The predicted molar refractivity (Wildman–Crippen MR) is 72.1 cm³/mol. The first kappa shape index (κ1) is 13.4. The van der Waals surface area contributed by atoms with E-state index in [2.05, 4.69) is 10.6 Å². The van der Waals surface area contributed by atoms with Crippen molar-refractivity contribution in [2.75, 3.05) is 11.9 Å². The molecule has 0 saturated carbocycles. The van der Waals surface area contributed by atoms with Crippen molar-refractivity contribution in [3.8, 4) is 0 Å². The molecule has 1 heterocycles. The largest absolute Gasteiger partial charge is 0.481 e. The number of amides is 1. The molecule has 0 fully saturated rings. The van der Waals surface area contributed by atoms with Crippen molar-refractivity contribution in [3.63, 3.8) is 0 Å². The molecule has 1 aliphatic heterocycles. The molecule has 3 N–H and O–H groups in total. The normalized spacial score (nSPS) is 16.5. The maximum Gasteiger partial charge on any atom is 0.303 e. The number of fused-ring (bicyclic) bond motifs is 1. The van der Waals surface area contributed by atoms with Crippen LogP contribution in [0.3, 0.4) is 0 Å². The smallest absolute Gasteiger partial charge is 0.303 e. The van der Waals surface area contributed by atoms with E-state index in [-0.39, 0.29) is 18.4 Å². The first-order valence-corrected chi connectivity index (χ1v) is 6.51. The van der Waals surface area contributed by atoms with Crippen LogP contribution in [0.15, 0.2) is 24.3 Å². The minimum atomic E-state index is -0.792. The van der Waals surface area contributed by atoms with Crippen molar-refractivity contribution in [1.29, 1.82) is 0 Å². The molecule has 0 saturated heterocycles. The molecule has 1 aliphatic rings. The molecule has 102 valence electrons. The van der Waals surface area contributed by atoms with E-state index in [1.54, 1.807) is 0 Å². The number of para-hydroxylation sites is 1. The second-order valence-corrected chi connectivity index (χ2v) is 4.70. The molecule has 0 bridgehead atoms. The maximum atomic E-state index is 11.9. The number of benzene rings is 1. The summed E-state index contributed by atoms with van der Waals surface area (Å²) in [5.74, 6) is -0.814. The lowest BCUT2D eigenvalue weighted by Gasteiger charge is -2.11. The Kier molecular flexibility index (Phi) is 4.39. The van der Waals surface area contributed by atoms with Crippen LogP contribution in [0.5, 0.6) is 0 Å². The molecule has 0 aromatic heterocycles. The molecule has 5 heteroatoms. The number of carbonyl (C=O) groups excluding carboxylic acids is 1. The van der Waals surface area contributed by atoms with Gasteiger partial charge in [0.25, 0.3) is 0 Å². The summed E-state index contributed by atoms with van der Waals surface area (Å²) < 4.78 is 0. The van der Waals surface area contributed by atoms with Gasteiger partial charge in [0.15, 0.2) is 0 Å². The van der Waals surface area contributed by atoms with Gasteiger partial charge in [0, 0.05) is 25.1 Å². The van der Waals surface area contributed by atoms with Gasteiger partial charge < -0.3 is 15.7 Å². The van der Waals surface area contributed by atoms with E-state index < -0.39 is 5.97 Å². The molecular weight excluding hydrogens is 244 g/mol. The number of rotatable bonds is 6. The lowest BCUT2D eigenvalue weighted by molar-refractivity contribution is -0.137. The van der Waals surface area contributed by atoms with Crippen LogP contribution in [0.25, 0.3) is 0 Å². The number of aliphatic carboxylic acids is 1. The minimum absolute atomic E-state index is 0.0217. The predicted octanol–water partition coefficient (Wildman–Crippen LogP) is 1.39. The summed E-state index contributed by atoms with van der Waals surface area (Å²) in [4.78, 5) is 22.3. The SMILES string of the molecule is O=C(O)CCCCNC(=O)C1Cc2ccccc2N1. The van der Waals surface area contributed by atoms with E-state index in [4.69, 9.17) is 5.11 Å². The van der Waals surface area contributed by atoms with E-state index in [1.807, 2.05) is 24.3 Å². The molecule has 1 aromatic carbocycles. The van der Waals surface area contributed by atoms with Crippen LogP contribution in [0.2, 0.25) is 0 Å². The molecule has 1 aromatic rings. The quantitative estimate of drug-likeness (QED) is 0.677. The molecule has 5 nitrogen and oxygen atoms in total. The van der Waals surface area contributed by atoms with Gasteiger partial charge in [-0.2, -0.15) is 0 Å². The molecule has 1 unspecified atom stereocenters. The molecule has 1 atom stereocenters. The highest BCUT2D eigenvalue weighted by Gasteiger charge is 2.25. The van der Waals surface area contributed by atoms with Crippen molar-refractivity contribution in [3.05, 3.63) is 29.8 Å². The standard InChI is InChI=1S/C14H18N2O3/c17-13(18)7-3-4-8-15-14(19)12-9-10-5-1-2-6-11(10)16-12/h1-2,5-6,12,16H,3-4,7-9H2,(H,15,19)(H,17,18). The fraction of sp³-hybridized carbons (Fsp3) is 0.429. The highest BCUT2D eigenvalue weighted by atomic mass is 16.4. The Balaban J connectivity index is 1.70. The van der Waals surface area contributed by atoms with E-state index in [1.165, 1.54) is 0 Å². The van der Waals surface area contributed by atoms with Crippen molar-refractivity contribution < 1.29 is 14.7 Å². The van der Waals surface area contributed by atoms with Gasteiger partial charge >= 0.3 is 5.97 Å². The van der Waals surface area contributed by atoms with E-state index in [0.29, 0.717) is 25.8 Å². The van der Waals surface area contributed by atoms with E-state index in [9.17, 15) is 9.59 Å². The Morgan fingerprint density at radius 3 is 2.84 bits per heavy atom. The molecule has 0 aliphatic carbocycles. The minimum Gasteiger partial charge on any atom is -0.481 e. The molecule has 0 radical (unpaired) electrons. The van der Waals surface area contributed by atoms with Gasteiger partial charge in [-0.05, 0) is 24.5 Å². The molecule has 1 amide bonds. The first-order valence-electron chi connectivity index (χ1n) is 6.51. The Bertz CT molecular complexity index is 449. The van der Waals surface area contributed by atoms with E-state index >= 15 is 0 Å². The topological polar surface area (TPSA) is 78.4 Å². The summed E-state index contributed by atoms with van der Waals surface area (Å²) in [5.41, 5.74) is 2.18. The van der Waals surface area contributed by atoms with Gasteiger partial charge in [0.05, 0.1) is 0 Å². The third-order valence-corrected chi connectivity index (χ3v) is 3.20. The highest BCUT2D eigenvalue weighted by molar-refractivity contribution is 5.87. The van der Waals surface area contributed by atoms with Gasteiger partial charge in [0.2, 0.25) is 5.91 Å². The highest BCUT2D eigenvalue weighted by Crippen LogP contribution is 2.24. The molecule has 0 spiro atoms. The Labute approximate surface area is 112 Å². The summed E-state index contributed by atoms with van der Waals surface area (Å²) in [6.07, 6.45) is 2.14. The maximum absolute atomic E-state index is 11.9. The van der Waals surface area contributed by atoms with Gasteiger partial charge in [-0.25, -0.2) is 0 Å². The number of anilines is 1. The van der Waals surface area contributed by atoms with Crippen LogP contribution < -0.4 is 10.6 Å². The fourth-order valence-corrected chi connectivity index (χ4v) is 2.19. The number of carboxylic acid groups (broad SMARTS) is 1. The van der Waals surface area contributed by atoms with Gasteiger partial charge in [0.1, 0.15) is 6.04 Å². The average molecular weight is 262 g/mol. The molecule has 2 rings (SSSR count). The second kappa shape index (κ2) is 6.22. The summed E-state index contributed by atoms with van der Waals surface area (Å²) in [6.45, 7) is 0.528. The second-order valence-electron chi connectivity index (χ2n) is 4.70. The molecular formula is C14H18N2O3. The summed E-state index contributed by atoms with van der Waals surface area (Å²) in [7, 11) is 0. The third-order valence-electron chi connectivity index (χ3n) is 3.20. The van der Waals surface area contributed by atoms with Crippen LogP contribution in [-0.2, 0) is 16.0 Å². The fourth-order valence-electron chi connectivity index (χ4n) is 2.19. The summed E-state index contributed by atoms with van der Waals surface area (Å²) in [5, 5.41) is 14.5. The van der Waals surface area contributed by atoms with Crippen molar-refractivity contribution in [2.24, 2.45) is 0 Å². The average Bonchev–Trinajstić information content (AvgIpc) is 2.81. The van der Waals surface area contributed by atoms with Gasteiger partial charge in [-0.15, -0.1) is 0 Å². The van der Waals surface area contributed by atoms with Crippen molar-refractivity contribution >= 4 is 17.6 Å². The monoisotopic (exact) mass is 262 g/mol. The number of hydrogen-bond donors (Lipinski definition) is 3. The zero-order valence-electron chi connectivity index (χ0n) is 10.7. The lowest BCUT2D eigenvalue weighted by Crippen LogP contribution is -2.38. The number of unbranched alkanes of at least 4 members (excludes halogenated alkanes) is 1. The zero-order chi connectivity index (χ0) is 13.7. The van der Waals surface area contributed by atoms with Crippen LogP contribution in [0.1, 0.15) is 24.8 Å². The van der Waals surface area contributed by atoms with Gasteiger partial charge in [-0.3, -0.25) is 9.59 Å². The Morgan fingerprint density at radius 2 is 2.11 bits per heavy atom. The first-order chi connectivity index (χ1) is 9.16. The van der Waals surface area contributed by atoms with Gasteiger partial charge in [-0.1, -0.05) is 18.2 Å². The lowest BCUT2D eigenvalue weighted by atomic mass is 10.1. The Morgan fingerprint density at radius 1 is 1.32 bits per heavy atom. The van der Waals surface area contributed by atoms with Crippen molar-refractivity contribution in [2.45, 2.75) is 31.7 Å². The Hall–Kier alpha value is -2.04. The van der Waals surface area contributed by atoms with Crippen LogP contribution >= 0.6 is 0 Å².